The molecule has 128 valence electrons. The predicted octanol–water partition coefficient (Wildman–Crippen LogP) is 3.38. The highest BCUT2D eigenvalue weighted by Gasteiger charge is 2.19. The van der Waals surface area contributed by atoms with E-state index in [0.29, 0.717) is 19.7 Å². The fraction of sp³-hybridized carbons (Fsp3) is 0.375. The van der Waals surface area contributed by atoms with Gasteiger partial charge in [0.2, 0.25) is 0 Å². The van der Waals surface area contributed by atoms with Crippen LogP contribution in [0.5, 0.6) is 0 Å². The van der Waals surface area contributed by atoms with Gasteiger partial charge in [0, 0.05) is 38.0 Å². The first kappa shape index (κ1) is 16.9. The summed E-state index contributed by atoms with van der Waals surface area (Å²) in [6, 6.07) is 1.77. The lowest BCUT2D eigenvalue weighted by molar-refractivity contribution is 0.145. The number of thiophene rings is 1. The van der Waals surface area contributed by atoms with E-state index in [0.717, 1.165) is 16.2 Å². The van der Waals surface area contributed by atoms with Gasteiger partial charge in [0.1, 0.15) is 0 Å². The number of nitrogens with one attached hydrogen (secondary N) is 1. The van der Waals surface area contributed by atoms with Gasteiger partial charge in [-0.1, -0.05) is 0 Å². The van der Waals surface area contributed by atoms with Crippen molar-refractivity contribution in [3.63, 3.8) is 0 Å². The van der Waals surface area contributed by atoms with Gasteiger partial charge in [-0.15, -0.1) is 11.3 Å². The molecule has 0 fully saturated rings. The molecule has 6 nitrogen and oxygen atoms in total. The van der Waals surface area contributed by atoms with Crippen LogP contribution >= 0.6 is 22.7 Å². The van der Waals surface area contributed by atoms with Crippen LogP contribution in [-0.2, 0) is 11.3 Å². The first-order valence-corrected chi connectivity index (χ1v) is 9.47. The number of urea groups is 1. The predicted molar refractivity (Wildman–Crippen MR) is 96.6 cm³/mol. The van der Waals surface area contributed by atoms with Crippen LogP contribution in [-0.4, -0.2) is 40.6 Å². The Balaban J connectivity index is 1.65. The van der Waals surface area contributed by atoms with Crippen molar-refractivity contribution < 1.29 is 9.53 Å². The summed E-state index contributed by atoms with van der Waals surface area (Å²) in [5.41, 5.74) is 1.99. The molecule has 3 heterocycles. The van der Waals surface area contributed by atoms with Crippen molar-refractivity contribution in [3.8, 4) is 0 Å². The average Bonchev–Trinajstić information content (AvgIpc) is 3.27. The van der Waals surface area contributed by atoms with Crippen LogP contribution < -0.4 is 5.32 Å². The van der Waals surface area contributed by atoms with Crippen molar-refractivity contribution in [2.75, 3.05) is 20.3 Å². The first-order valence-electron chi connectivity index (χ1n) is 7.65. The summed E-state index contributed by atoms with van der Waals surface area (Å²) >= 11 is 3.21. The number of imidazole rings is 1. The van der Waals surface area contributed by atoms with Crippen LogP contribution in [0.3, 0.4) is 0 Å². The van der Waals surface area contributed by atoms with Crippen molar-refractivity contribution in [1.29, 1.82) is 0 Å². The molecule has 0 aliphatic heterocycles. The monoisotopic (exact) mass is 364 g/mol. The van der Waals surface area contributed by atoms with E-state index in [1.807, 2.05) is 40.5 Å². The standard InChI is InChI=1S/C16H20N4O2S2/c1-12(14-10-20-5-8-24-16(20)18-14)17-15(21)19(4-6-22-2)9-13-3-7-23-11-13/h3,5,7-8,10-12H,4,6,9H2,1-2H3,(H,17,21). The van der Waals surface area contributed by atoms with Gasteiger partial charge in [-0.05, 0) is 29.3 Å². The van der Waals surface area contributed by atoms with Gasteiger partial charge in [-0.2, -0.15) is 11.3 Å². The zero-order valence-corrected chi connectivity index (χ0v) is 15.3. The summed E-state index contributed by atoms with van der Waals surface area (Å²) in [5.74, 6) is 0. The summed E-state index contributed by atoms with van der Waals surface area (Å²) in [4.78, 5) is 19.9. The minimum absolute atomic E-state index is 0.109. The fourth-order valence-electron chi connectivity index (χ4n) is 2.36. The number of hydrogen-bond donors (Lipinski definition) is 1. The smallest absolute Gasteiger partial charge is 0.318 e. The number of thiazole rings is 1. The molecule has 0 aromatic carbocycles. The van der Waals surface area contributed by atoms with E-state index in [4.69, 9.17) is 4.74 Å². The van der Waals surface area contributed by atoms with E-state index in [9.17, 15) is 4.79 Å². The molecule has 0 spiro atoms. The highest BCUT2D eigenvalue weighted by molar-refractivity contribution is 7.15. The second kappa shape index (κ2) is 7.78. The van der Waals surface area contributed by atoms with Gasteiger partial charge < -0.3 is 15.0 Å². The molecule has 0 bridgehead atoms. The first-order chi connectivity index (χ1) is 11.7. The maximum Gasteiger partial charge on any atom is 0.318 e. The second-order valence-corrected chi connectivity index (χ2v) is 7.13. The zero-order valence-electron chi connectivity index (χ0n) is 13.6. The van der Waals surface area contributed by atoms with Crippen molar-refractivity contribution in [1.82, 2.24) is 19.6 Å². The normalized spacial score (nSPS) is 12.4. The van der Waals surface area contributed by atoms with Gasteiger partial charge in [0.15, 0.2) is 4.96 Å². The number of nitrogens with zero attached hydrogens (tertiary/aromatic N) is 3. The van der Waals surface area contributed by atoms with Crippen LogP contribution in [0.4, 0.5) is 4.79 Å². The Morgan fingerprint density at radius 2 is 2.38 bits per heavy atom. The molecular formula is C16H20N4O2S2. The Morgan fingerprint density at radius 1 is 1.50 bits per heavy atom. The molecule has 2 amide bonds. The summed E-state index contributed by atoms with van der Waals surface area (Å²) in [6.45, 7) is 3.57. The van der Waals surface area contributed by atoms with E-state index in [2.05, 4.69) is 15.7 Å². The van der Waals surface area contributed by atoms with Crippen LogP contribution in [0.25, 0.3) is 4.96 Å². The minimum atomic E-state index is -0.155. The molecule has 1 unspecified atom stereocenters. The molecule has 3 aromatic heterocycles. The Morgan fingerprint density at radius 3 is 3.08 bits per heavy atom. The second-order valence-electron chi connectivity index (χ2n) is 5.48. The Hall–Kier alpha value is -1.90. The van der Waals surface area contributed by atoms with Gasteiger partial charge in [0.25, 0.3) is 0 Å². The van der Waals surface area contributed by atoms with Crippen molar-refractivity contribution in [2.45, 2.75) is 19.5 Å². The fourth-order valence-corrected chi connectivity index (χ4v) is 3.73. The maximum absolute atomic E-state index is 12.6. The number of ether oxygens (including phenoxy) is 1. The lowest BCUT2D eigenvalue weighted by atomic mass is 10.2. The number of hydrogen-bond acceptors (Lipinski definition) is 5. The third-order valence-electron chi connectivity index (χ3n) is 3.70. The van der Waals surface area contributed by atoms with E-state index in [-0.39, 0.29) is 12.1 Å². The minimum Gasteiger partial charge on any atom is -0.383 e. The highest BCUT2D eigenvalue weighted by Crippen LogP contribution is 2.17. The molecule has 0 aliphatic rings. The van der Waals surface area contributed by atoms with Gasteiger partial charge >= 0.3 is 6.03 Å². The van der Waals surface area contributed by atoms with Gasteiger partial charge in [-0.25, -0.2) is 9.78 Å². The lowest BCUT2D eigenvalue weighted by Gasteiger charge is -2.24. The maximum atomic E-state index is 12.6. The van der Waals surface area contributed by atoms with Crippen molar-refractivity contribution in [2.24, 2.45) is 0 Å². The average molecular weight is 364 g/mol. The zero-order chi connectivity index (χ0) is 16.9. The summed E-state index contributed by atoms with van der Waals surface area (Å²) in [6.07, 6.45) is 3.92. The number of carbonyl (C=O) groups excluding carboxylic acids is 1. The molecule has 8 heteroatoms. The molecule has 1 N–H and O–H groups in total. The van der Waals surface area contributed by atoms with Crippen LogP contribution in [0.2, 0.25) is 0 Å². The quantitative estimate of drug-likeness (QED) is 0.699. The number of fused-ring (bicyclic) bond motifs is 1. The molecule has 0 radical (unpaired) electrons. The largest absolute Gasteiger partial charge is 0.383 e. The molecule has 24 heavy (non-hydrogen) atoms. The van der Waals surface area contributed by atoms with Crippen LogP contribution in [0.15, 0.2) is 34.6 Å². The molecule has 1 atom stereocenters. The Bertz CT molecular complexity index is 753. The van der Waals surface area contributed by atoms with E-state index < -0.39 is 0 Å². The third-order valence-corrected chi connectivity index (χ3v) is 5.20. The van der Waals surface area contributed by atoms with Crippen molar-refractivity contribution >= 4 is 33.7 Å². The van der Waals surface area contributed by atoms with Crippen molar-refractivity contribution in [3.05, 3.63) is 45.9 Å². The number of methoxy groups -OCH3 is 1. The van der Waals surface area contributed by atoms with Gasteiger partial charge in [-0.3, -0.25) is 4.40 Å². The SMILES string of the molecule is COCCN(Cc1ccsc1)C(=O)NC(C)c1cn2ccsc2n1. The molecular weight excluding hydrogens is 344 g/mol. The van der Waals surface area contributed by atoms with E-state index in [1.165, 1.54) is 0 Å². The molecule has 0 saturated heterocycles. The molecule has 0 aliphatic carbocycles. The summed E-state index contributed by atoms with van der Waals surface area (Å²) in [7, 11) is 1.64. The highest BCUT2D eigenvalue weighted by atomic mass is 32.1. The summed E-state index contributed by atoms with van der Waals surface area (Å²) < 4.78 is 7.10. The Kier molecular flexibility index (Phi) is 5.49. The Labute approximate surface area is 148 Å². The number of amides is 2. The van der Waals surface area contributed by atoms with Crippen LogP contribution in [0.1, 0.15) is 24.2 Å². The number of rotatable bonds is 7. The lowest BCUT2D eigenvalue weighted by Crippen LogP contribution is -2.42. The summed E-state index contributed by atoms with van der Waals surface area (Å²) in [5, 5.41) is 9.09. The van der Waals surface area contributed by atoms with E-state index in [1.54, 1.807) is 34.7 Å². The van der Waals surface area contributed by atoms with E-state index >= 15 is 0 Å². The number of aromatic nitrogens is 2. The third kappa shape index (κ3) is 3.95. The molecule has 3 rings (SSSR count). The topological polar surface area (TPSA) is 58.9 Å². The van der Waals surface area contributed by atoms with Gasteiger partial charge in [0.05, 0.1) is 18.3 Å². The molecule has 0 saturated carbocycles. The number of carbonyl (C=O) groups is 1. The molecule has 3 aromatic rings. The van der Waals surface area contributed by atoms with Crippen LogP contribution in [0, 0.1) is 0 Å².